The molecular formula is C25H28N4O4. The second-order valence-corrected chi connectivity index (χ2v) is 7.27. The fourth-order valence-electron chi connectivity index (χ4n) is 3.20. The zero-order chi connectivity index (χ0) is 23.8. The maximum Gasteiger partial charge on any atom is 0.273 e. The number of aromatic nitrogens is 2. The van der Waals surface area contributed by atoms with Crippen LogP contribution in [0, 0.1) is 6.92 Å². The van der Waals surface area contributed by atoms with E-state index >= 15 is 0 Å². The number of nitrogens with one attached hydrogen (secondary N) is 2. The van der Waals surface area contributed by atoms with Crippen LogP contribution in [0.4, 0.5) is 5.69 Å². The number of hydrogen-bond acceptors (Lipinski definition) is 5. The molecule has 172 valence electrons. The number of hydrogen-bond donors (Lipinski definition) is 2. The van der Waals surface area contributed by atoms with Gasteiger partial charge in [0, 0.05) is 31.4 Å². The Morgan fingerprint density at radius 3 is 2.64 bits per heavy atom. The molecule has 33 heavy (non-hydrogen) atoms. The molecule has 0 atom stereocenters. The number of anilines is 1. The van der Waals surface area contributed by atoms with E-state index in [1.165, 1.54) is 13.1 Å². The van der Waals surface area contributed by atoms with Crippen molar-refractivity contribution in [3.63, 3.8) is 0 Å². The summed E-state index contributed by atoms with van der Waals surface area (Å²) in [6.07, 6.45) is 4.73. The quantitative estimate of drug-likeness (QED) is 0.486. The molecule has 0 aliphatic heterocycles. The number of nitrogens with zero attached hydrogens (tertiary/aromatic N) is 2. The summed E-state index contributed by atoms with van der Waals surface area (Å²) in [5.74, 6) is 0.770. The molecule has 0 radical (unpaired) electrons. The third-order valence-electron chi connectivity index (χ3n) is 4.99. The van der Waals surface area contributed by atoms with Crippen molar-refractivity contribution in [2.75, 3.05) is 19.5 Å². The van der Waals surface area contributed by atoms with Gasteiger partial charge in [-0.15, -0.1) is 0 Å². The molecule has 2 N–H and O–H groups in total. The monoisotopic (exact) mass is 448 g/mol. The van der Waals surface area contributed by atoms with E-state index in [-0.39, 0.29) is 17.5 Å². The van der Waals surface area contributed by atoms with Crippen molar-refractivity contribution < 1.29 is 19.1 Å². The molecule has 0 unspecified atom stereocenters. The zero-order valence-electron chi connectivity index (χ0n) is 19.2. The number of para-hydroxylation sites is 1. The summed E-state index contributed by atoms with van der Waals surface area (Å²) in [4.78, 5) is 24.5. The highest BCUT2D eigenvalue weighted by Crippen LogP contribution is 2.24. The smallest absolute Gasteiger partial charge is 0.273 e. The van der Waals surface area contributed by atoms with Crippen molar-refractivity contribution in [2.24, 2.45) is 0 Å². The van der Waals surface area contributed by atoms with Gasteiger partial charge in [0.05, 0.1) is 12.8 Å². The number of carbonyl (C=O) groups excluding carboxylic acids is 2. The number of ether oxygens (including phenoxy) is 2. The molecule has 0 bridgehead atoms. The Hall–Kier alpha value is -4.07. The minimum atomic E-state index is -0.371. The van der Waals surface area contributed by atoms with Crippen LogP contribution in [0.1, 0.15) is 34.1 Å². The number of aryl methyl sites for hydroxylation is 2. The van der Waals surface area contributed by atoms with Gasteiger partial charge < -0.3 is 20.1 Å². The van der Waals surface area contributed by atoms with Crippen LogP contribution in [0.2, 0.25) is 0 Å². The average Bonchev–Trinajstić information content (AvgIpc) is 3.24. The van der Waals surface area contributed by atoms with Crippen LogP contribution in [-0.4, -0.2) is 35.8 Å². The van der Waals surface area contributed by atoms with Gasteiger partial charge in [-0.2, -0.15) is 5.10 Å². The van der Waals surface area contributed by atoms with Gasteiger partial charge in [0.25, 0.3) is 5.91 Å². The lowest BCUT2D eigenvalue weighted by atomic mass is 10.1. The Morgan fingerprint density at radius 1 is 1.15 bits per heavy atom. The maximum atomic E-state index is 12.5. The average molecular weight is 449 g/mol. The van der Waals surface area contributed by atoms with Crippen LogP contribution in [0.15, 0.2) is 54.7 Å². The van der Waals surface area contributed by atoms with Crippen molar-refractivity contribution in [3.8, 4) is 11.5 Å². The normalized spacial score (nSPS) is 10.8. The van der Waals surface area contributed by atoms with E-state index in [1.807, 2.05) is 56.3 Å². The highest BCUT2D eigenvalue weighted by atomic mass is 16.5. The zero-order valence-corrected chi connectivity index (χ0v) is 19.2. The lowest BCUT2D eigenvalue weighted by molar-refractivity contribution is -0.111. The third-order valence-corrected chi connectivity index (χ3v) is 4.99. The summed E-state index contributed by atoms with van der Waals surface area (Å²) in [6, 6.07) is 13.4. The predicted molar refractivity (Wildman–Crippen MR) is 127 cm³/mol. The summed E-state index contributed by atoms with van der Waals surface area (Å²) in [7, 11) is 3.12. The number of carbonyl (C=O) groups is 2. The van der Waals surface area contributed by atoms with Gasteiger partial charge in [-0.25, -0.2) is 0 Å². The first-order valence-corrected chi connectivity index (χ1v) is 10.6. The Balaban J connectivity index is 1.72. The summed E-state index contributed by atoms with van der Waals surface area (Å²) in [5, 5.41) is 9.44. The van der Waals surface area contributed by atoms with Crippen LogP contribution >= 0.6 is 0 Å². The Morgan fingerprint density at radius 2 is 1.94 bits per heavy atom. The largest absolute Gasteiger partial charge is 0.496 e. The standard InChI is InChI=1S/C25H28N4O4/c1-5-29-15-20(24(28-29)25(31)26-3)27-23(30)13-11-18-10-12-22(32-4)19(14-18)16-33-21-9-7-6-8-17(21)2/h6-15H,5,16H2,1-4H3,(H,26,31)(H,27,30)/b13-11+. The third kappa shape index (κ3) is 6.00. The van der Waals surface area contributed by atoms with Gasteiger partial charge in [-0.05, 0) is 49.2 Å². The molecule has 2 amide bonds. The van der Waals surface area contributed by atoms with E-state index in [2.05, 4.69) is 15.7 Å². The molecule has 1 heterocycles. The van der Waals surface area contributed by atoms with Crippen LogP contribution < -0.4 is 20.1 Å². The molecular weight excluding hydrogens is 420 g/mol. The number of amides is 2. The first-order valence-electron chi connectivity index (χ1n) is 10.6. The maximum absolute atomic E-state index is 12.5. The second kappa shape index (κ2) is 11.0. The molecule has 2 aromatic carbocycles. The molecule has 0 fully saturated rings. The van der Waals surface area contributed by atoms with Crippen molar-refractivity contribution in [1.29, 1.82) is 0 Å². The summed E-state index contributed by atoms with van der Waals surface area (Å²) < 4.78 is 13.0. The van der Waals surface area contributed by atoms with Gasteiger partial charge in [-0.1, -0.05) is 24.3 Å². The number of methoxy groups -OCH3 is 1. The van der Waals surface area contributed by atoms with Gasteiger partial charge in [0.15, 0.2) is 5.69 Å². The minimum Gasteiger partial charge on any atom is -0.496 e. The topological polar surface area (TPSA) is 94.5 Å². The van der Waals surface area contributed by atoms with E-state index in [0.29, 0.717) is 24.6 Å². The van der Waals surface area contributed by atoms with Crippen molar-refractivity contribution in [2.45, 2.75) is 27.0 Å². The molecule has 0 saturated carbocycles. The van der Waals surface area contributed by atoms with E-state index in [0.717, 1.165) is 22.4 Å². The fraction of sp³-hybridized carbons (Fsp3) is 0.240. The highest BCUT2D eigenvalue weighted by molar-refractivity contribution is 6.06. The Bertz CT molecular complexity index is 1170. The first-order chi connectivity index (χ1) is 15.9. The van der Waals surface area contributed by atoms with E-state index in [9.17, 15) is 9.59 Å². The SMILES string of the molecule is CCn1cc(NC(=O)/C=C/c2ccc(OC)c(COc3ccccc3C)c2)c(C(=O)NC)n1. The van der Waals surface area contributed by atoms with Crippen LogP contribution in [-0.2, 0) is 17.9 Å². The van der Waals surface area contributed by atoms with Gasteiger partial charge in [0.2, 0.25) is 5.91 Å². The van der Waals surface area contributed by atoms with Gasteiger partial charge in [0.1, 0.15) is 18.1 Å². The molecule has 3 rings (SSSR count). The summed E-state index contributed by atoms with van der Waals surface area (Å²) >= 11 is 0. The van der Waals surface area contributed by atoms with Gasteiger partial charge >= 0.3 is 0 Å². The first kappa shape index (κ1) is 23.6. The van der Waals surface area contributed by atoms with E-state index in [4.69, 9.17) is 9.47 Å². The lowest BCUT2D eigenvalue weighted by Crippen LogP contribution is -2.21. The molecule has 8 nitrogen and oxygen atoms in total. The molecule has 3 aromatic rings. The van der Waals surface area contributed by atoms with Crippen molar-refractivity contribution in [3.05, 3.63) is 77.1 Å². The fourth-order valence-corrected chi connectivity index (χ4v) is 3.20. The van der Waals surface area contributed by atoms with Crippen molar-refractivity contribution in [1.82, 2.24) is 15.1 Å². The molecule has 0 saturated heterocycles. The number of rotatable bonds is 9. The van der Waals surface area contributed by atoms with Crippen LogP contribution in [0.5, 0.6) is 11.5 Å². The molecule has 8 heteroatoms. The second-order valence-electron chi connectivity index (χ2n) is 7.27. The lowest BCUT2D eigenvalue weighted by Gasteiger charge is -2.12. The Labute approximate surface area is 193 Å². The Kier molecular flexibility index (Phi) is 7.86. The molecule has 1 aromatic heterocycles. The predicted octanol–water partition coefficient (Wildman–Crippen LogP) is 3.81. The molecule has 0 aliphatic rings. The highest BCUT2D eigenvalue weighted by Gasteiger charge is 2.16. The summed E-state index contributed by atoms with van der Waals surface area (Å²) in [6.45, 7) is 4.79. The van der Waals surface area contributed by atoms with Crippen molar-refractivity contribution >= 4 is 23.6 Å². The van der Waals surface area contributed by atoms with Gasteiger partial charge in [-0.3, -0.25) is 14.3 Å². The molecule has 0 spiro atoms. The van der Waals surface area contributed by atoms with E-state index < -0.39 is 0 Å². The minimum absolute atomic E-state index is 0.168. The van der Waals surface area contributed by atoms with E-state index in [1.54, 1.807) is 24.1 Å². The summed E-state index contributed by atoms with van der Waals surface area (Å²) in [5.41, 5.74) is 3.24. The van der Waals surface area contributed by atoms with Crippen LogP contribution in [0.25, 0.3) is 6.08 Å². The van der Waals surface area contributed by atoms with Crippen LogP contribution in [0.3, 0.4) is 0 Å². The molecule has 0 aliphatic carbocycles. The number of benzene rings is 2.